The minimum Gasteiger partial charge on any atom is -0.409 e. The molecular weight excluding hydrogens is 184 g/mol. The normalized spacial score (nSPS) is 12.8. The lowest BCUT2D eigenvalue weighted by molar-refractivity contribution is 0.232. The maximum Gasteiger partial charge on any atom is 0.315 e. The summed E-state index contributed by atoms with van der Waals surface area (Å²) in [6.07, 6.45) is 0. The predicted molar refractivity (Wildman–Crippen MR) is 54.3 cm³/mol. The van der Waals surface area contributed by atoms with E-state index >= 15 is 0 Å². The molecule has 0 aromatic carbocycles. The molecule has 6 heteroatoms. The molecule has 0 rings (SSSR count). The van der Waals surface area contributed by atoms with Crippen LogP contribution in [-0.4, -0.2) is 28.7 Å². The molecule has 0 radical (unpaired) electrons. The van der Waals surface area contributed by atoms with Crippen LogP contribution in [0.15, 0.2) is 5.16 Å². The molecule has 0 atom stereocenters. The van der Waals surface area contributed by atoms with Crippen molar-refractivity contribution in [2.24, 2.45) is 10.9 Å². The van der Waals surface area contributed by atoms with Crippen LogP contribution in [0.2, 0.25) is 0 Å². The summed E-state index contributed by atoms with van der Waals surface area (Å²) < 4.78 is 0. The lowest BCUT2D eigenvalue weighted by Gasteiger charge is -2.25. The van der Waals surface area contributed by atoms with Crippen LogP contribution in [0.25, 0.3) is 0 Å². The minimum absolute atomic E-state index is 0.0399. The van der Waals surface area contributed by atoms with Crippen molar-refractivity contribution in [3.8, 4) is 0 Å². The molecule has 2 amide bonds. The third kappa shape index (κ3) is 3.97. The monoisotopic (exact) mass is 202 g/mol. The first kappa shape index (κ1) is 12.5. The van der Waals surface area contributed by atoms with Gasteiger partial charge in [-0.3, -0.25) is 0 Å². The summed E-state index contributed by atoms with van der Waals surface area (Å²) in [6.45, 7) is 6.97. The highest BCUT2D eigenvalue weighted by molar-refractivity contribution is 5.92. The molecule has 0 aromatic rings. The second-order valence-corrected chi connectivity index (χ2v) is 3.86. The van der Waals surface area contributed by atoms with Gasteiger partial charge in [-0.25, -0.2) is 4.79 Å². The fourth-order valence-electron chi connectivity index (χ4n) is 0.771. The molecule has 0 saturated carbocycles. The molecule has 0 heterocycles. The van der Waals surface area contributed by atoms with Crippen molar-refractivity contribution < 1.29 is 10.0 Å². The number of nitrogens with one attached hydrogen (secondary N) is 2. The SMILES string of the molecule is CC(C)NC(=O)NC(C)(C)/C(N)=N/O. The summed E-state index contributed by atoms with van der Waals surface area (Å²) in [7, 11) is 0. The molecule has 0 spiro atoms. The van der Waals surface area contributed by atoms with E-state index in [1.807, 2.05) is 13.8 Å². The van der Waals surface area contributed by atoms with Gasteiger partial charge in [0.15, 0.2) is 5.84 Å². The number of oxime groups is 1. The van der Waals surface area contributed by atoms with Crippen LogP contribution >= 0.6 is 0 Å². The molecule has 0 aliphatic carbocycles. The molecule has 0 fully saturated rings. The molecule has 6 nitrogen and oxygen atoms in total. The maximum atomic E-state index is 11.3. The first-order valence-corrected chi connectivity index (χ1v) is 4.36. The topological polar surface area (TPSA) is 99.7 Å². The molecule has 0 aromatic heterocycles. The highest BCUT2D eigenvalue weighted by atomic mass is 16.4. The molecule has 0 unspecified atom stereocenters. The van der Waals surface area contributed by atoms with Gasteiger partial charge in [-0.2, -0.15) is 0 Å². The van der Waals surface area contributed by atoms with E-state index in [9.17, 15) is 4.79 Å². The van der Waals surface area contributed by atoms with E-state index in [-0.39, 0.29) is 17.9 Å². The lowest BCUT2D eigenvalue weighted by atomic mass is 10.1. The standard InChI is InChI=1S/C8H18N4O2/c1-5(2)10-7(13)11-8(3,4)6(9)12-14/h5,14H,1-4H3,(H2,9,12)(H2,10,11,13). The first-order valence-electron chi connectivity index (χ1n) is 4.36. The maximum absolute atomic E-state index is 11.3. The highest BCUT2D eigenvalue weighted by Crippen LogP contribution is 2.01. The molecule has 0 aliphatic heterocycles. The molecule has 14 heavy (non-hydrogen) atoms. The van der Waals surface area contributed by atoms with Gasteiger partial charge in [0, 0.05) is 6.04 Å². The average Bonchev–Trinajstić information content (AvgIpc) is 1.99. The van der Waals surface area contributed by atoms with Crippen molar-refractivity contribution in [3.63, 3.8) is 0 Å². The van der Waals surface area contributed by atoms with Crippen molar-refractivity contribution >= 4 is 11.9 Å². The van der Waals surface area contributed by atoms with E-state index in [0.29, 0.717) is 0 Å². The van der Waals surface area contributed by atoms with Gasteiger partial charge in [0.2, 0.25) is 0 Å². The summed E-state index contributed by atoms with van der Waals surface area (Å²) in [5, 5.41) is 16.5. The smallest absolute Gasteiger partial charge is 0.315 e. The van der Waals surface area contributed by atoms with Crippen LogP contribution < -0.4 is 16.4 Å². The van der Waals surface area contributed by atoms with Crippen molar-refractivity contribution in [1.82, 2.24) is 10.6 Å². The second kappa shape index (κ2) is 4.69. The van der Waals surface area contributed by atoms with Gasteiger partial charge in [0.05, 0.1) is 5.54 Å². The summed E-state index contributed by atoms with van der Waals surface area (Å²) in [5.74, 6) is -0.0450. The lowest BCUT2D eigenvalue weighted by Crippen LogP contribution is -2.56. The van der Waals surface area contributed by atoms with E-state index in [1.165, 1.54) is 0 Å². The number of amidine groups is 1. The first-order chi connectivity index (χ1) is 6.29. The Balaban J connectivity index is 4.29. The summed E-state index contributed by atoms with van der Waals surface area (Å²) in [5.41, 5.74) is 4.52. The molecule has 0 aliphatic rings. The molecule has 0 saturated heterocycles. The van der Waals surface area contributed by atoms with Gasteiger partial charge in [-0.1, -0.05) is 5.16 Å². The third-order valence-corrected chi connectivity index (χ3v) is 1.59. The van der Waals surface area contributed by atoms with E-state index in [4.69, 9.17) is 10.9 Å². The number of hydrogen-bond donors (Lipinski definition) is 4. The van der Waals surface area contributed by atoms with Gasteiger partial charge in [0.25, 0.3) is 0 Å². The minimum atomic E-state index is -0.867. The predicted octanol–water partition coefficient (Wildman–Crippen LogP) is 0.219. The Bertz CT molecular complexity index is 235. The van der Waals surface area contributed by atoms with Crippen LogP contribution in [0.4, 0.5) is 4.79 Å². The van der Waals surface area contributed by atoms with Crippen LogP contribution in [0, 0.1) is 0 Å². The second-order valence-electron chi connectivity index (χ2n) is 3.86. The molecule has 82 valence electrons. The Kier molecular flexibility index (Phi) is 4.20. The van der Waals surface area contributed by atoms with Gasteiger partial charge < -0.3 is 21.6 Å². The average molecular weight is 202 g/mol. The van der Waals surface area contributed by atoms with E-state index in [1.54, 1.807) is 13.8 Å². The van der Waals surface area contributed by atoms with E-state index in [2.05, 4.69) is 15.8 Å². The summed E-state index contributed by atoms with van der Waals surface area (Å²) >= 11 is 0. The zero-order valence-electron chi connectivity index (χ0n) is 8.96. The van der Waals surface area contributed by atoms with Crippen molar-refractivity contribution in [2.75, 3.05) is 0 Å². The van der Waals surface area contributed by atoms with E-state index < -0.39 is 5.54 Å². The van der Waals surface area contributed by atoms with Crippen molar-refractivity contribution in [3.05, 3.63) is 0 Å². The Morgan fingerprint density at radius 2 is 2.00 bits per heavy atom. The van der Waals surface area contributed by atoms with E-state index in [0.717, 1.165) is 0 Å². The number of hydrogen-bond acceptors (Lipinski definition) is 3. The number of amides is 2. The Morgan fingerprint density at radius 3 is 2.36 bits per heavy atom. The summed E-state index contributed by atoms with van der Waals surface area (Å²) in [6, 6.07) is -0.310. The zero-order chi connectivity index (χ0) is 11.4. The Hall–Kier alpha value is -1.46. The largest absolute Gasteiger partial charge is 0.409 e. The fraction of sp³-hybridized carbons (Fsp3) is 0.750. The van der Waals surface area contributed by atoms with Gasteiger partial charge in [-0.15, -0.1) is 0 Å². The molecular formula is C8H18N4O2. The van der Waals surface area contributed by atoms with Crippen molar-refractivity contribution in [2.45, 2.75) is 39.3 Å². The Labute approximate surface area is 83.5 Å². The highest BCUT2D eigenvalue weighted by Gasteiger charge is 2.25. The van der Waals surface area contributed by atoms with Crippen LogP contribution in [0.3, 0.4) is 0 Å². The third-order valence-electron chi connectivity index (χ3n) is 1.59. The van der Waals surface area contributed by atoms with Crippen LogP contribution in [0.1, 0.15) is 27.7 Å². The number of carbonyl (C=O) groups is 1. The quantitative estimate of drug-likeness (QED) is 0.228. The summed E-state index contributed by atoms with van der Waals surface area (Å²) in [4.78, 5) is 11.3. The number of urea groups is 1. The van der Waals surface area contributed by atoms with Crippen molar-refractivity contribution in [1.29, 1.82) is 0 Å². The van der Waals surface area contributed by atoms with Crippen LogP contribution in [-0.2, 0) is 0 Å². The molecule has 5 N–H and O–H groups in total. The van der Waals surface area contributed by atoms with Gasteiger partial charge in [0.1, 0.15) is 0 Å². The zero-order valence-corrected chi connectivity index (χ0v) is 8.96. The number of nitrogens with two attached hydrogens (primary N) is 1. The number of rotatable bonds is 3. The number of carbonyl (C=O) groups excluding carboxylic acids is 1. The van der Waals surface area contributed by atoms with Gasteiger partial charge >= 0.3 is 6.03 Å². The van der Waals surface area contributed by atoms with Crippen LogP contribution in [0.5, 0.6) is 0 Å². The Morgan fingerprint density at radius 1 is 1.50 bits per heavy atom. The molecule has 0 bridgehead atoms. The fourth-order valence-corrected chi connectivity index (χ4v) is 0.771. The number of nitrogens with zero attached hydrogens (tertiary/aromatic N) is 1. The van der Waals surface area contributed by atoms with Gasteiger partial charge in [-0.05, 0) is 27.7 Å².